The molecule has 1 atom stereocenters. The van der Waals surface area contributed by atoms with Crippen molar-refractivity contribution in [2.75, 3.05) is 36.9 Å². The van der Waals surface area contributed by atoms with Gasteiger partial charge in [-0.05, 0) is 33.6 Å². The Morgan fingerprint density at radius 2 is 2.23 bits per heavy atom. The summed E-state index contributed by atoms with van der Waals surface area (Å²) in [6, 6.07) is -0.175. The third-order valence-electron chi connectivity index (χ3n) is 5.14. The summed E-state index contributed by atoms with van der Waals surface area (Å²) in [6.07, 6.45) is 4.24. The molecule has 10 heteroatoms. The topological polar surface area (TPSA) is 107 Å². The van der Waals surface area contributed by atoms with Crippen molar-refractivity contribution in [3.63, 3.8) is 0 Å². The molecule has 30 heavy (non-hydrogen) atoms. The molecule has 0 unspecified atom stereocenters. The quantitative estimate of drug-likeness (QED) is 0.788. The number of nitrogen functional groups attached to an aromatic ring is 1. The molecule has 2 aliphatic heterocycles. The number of nitrogens with two attached hydrogens (primary N) is 1. The van der Waals surface area contributed by atoms with Crippen molar-refractivity contribution in [2.45, 2.75) is 45.3 Å². The zero-order chi connectivity index (χ0) is 21.5. The number of alkyl carbamates (subject to hydrolysis) is 1. The first-order chi connectivity index (χ1) is 14.2. The average Bonchev–Trinajstić information content (AvgIpc) is 3.26. The predicted molar refractivity (Wildman–Crippen MR) is 111 cm³/mol. The summed E-state index contributed by atoms with van der Waals surface area (Å²) in [4.78, 5) is 18.2. The number of anilines is 2. The first kappa shape index (κ1) is 20.4. The Labute approximate surface area is 174 Å². The van der Waals surface area contributed by atoms with E-state index in [0.717, 1.165) is 18.4 Å². The number of ether oxygens (including phenoxy) is 2. The zero-order valence-electron chi connectivity index (χ0n) is 17.4. The maximum atomic E-state index is 15.7. The van der Waals surface area contributed by atoms with E-state index in [2.05, 4.69) is 15.4 Å². The van der Waals surface area contributed by atoms with E-state index in [0.29, 0.717) is 43.2 Å². The van der Waals surface area contributed by atoms with E-state index >= 15 is 4.39 Å². The Hall–Kier alpha value is -2.88. The monoisotopic (exact) mass is 418 g/mol. The Bertz CT molecular complexity index is 997. The summed E-state index contributed by atoms with van der Waals surface area (Å²) in [5.74, 6) is -0.205. The van der Waals surface area contributed by atoms with Crippen molar-refractivity contribution in [1.29, 1.82) is 0 Å². The van der Waals surface area contributed by atoms with E-state index in [4.69, 9.17) is 15.2 Å². The van der Waals surface area contributed by atoms with E-state index in [9.17, 15) is 4.79 Å². The highest BCUT2D eigenvalue weighted by atomic mass is 19.1. The molecule has 162 valence electrons. The van der Waals surface area contributed by atoms with Crippen LogP contribution in [0.15, 0.2) is 12.4 Å². The molecule has 1 fully saturated rings. The number of hydrogen-bond acceptors (Lipinski definition) is 7. The van der Waals surface area contributed by atoms with Gasteiger partial charge in [-0.15, -0.1) is 0 Å². The van der Waals surface area contributed by atoms with Crippen molar-refractivity contribution in [2.24, 2.45) is 0 Å². The summed E-state index contributed by atoms with van der Waals surface area (Å²) in [7, 11) is 0. The van der Waals surface area contributed by atoms with Gasteiger partial charge in [-0.1, -0.05) is 6.08 Å². The molecule has 2 aromatic heterocycles. The molecular formula is C20H27FN6O3. The number of hydrogen-bond donors (Lipinski definition) is 2. The number of nitrogens with one attached hydrogen (secondary N) is 1. The van der Waals surface area contributed by atoms with Crippen LogP contribution in [-0.2, 0) is 9.47 Å². The molecule has 4 rings (SSSR count). The summed E-state index contributed by atoms with van der Waals surface area (Å²) >= 11 is 0. The molecule has 0 radical (unpaired) electrons. The number of amides is 1. The molecule has 2 aliphatic rings. The van der Waals surface area contributed by atoms with Crippen LogP contribution in [0.25, 0.3) is 11.1 Å². The van der Waals surface area contributed by atoms with Crippen LogP contribution in [-0.4, -0.2) is 58.6 Å². The summed E-state index contributed by atoms with van der Waals surface area (Å²) in [5, 5.41) is 7.14. The highest BCUT2D eigenvalue weighted by Gasteiger charge is 2.32. The van der Waals surface area contributed by atoms with Gasteiger partial charge < -0.3 is 25.4 Å². The molecule has 0 aliphatic carbocycles. The molecule has 0 aromatic carbocycles. The molecular weight excluding hydrogens is 391 g/mol. The number of halogens is 1. The molecule has 1 amide bonds. The van der Waals surface area contributed by atoms with Crippen LogP contribution in [0.5, 0.6) is 0 Å². The third-order valence-corrected chi connectivity index (χ3v) is 5.14. The normalized spacial score (nSPS) is 19.8. The van der Waals surface area contributed by atoms with Crippen LogP contribution in [0.2, 0.25) is 0 Å². The maximum absolute atomic E-state index is 15.7. The number of piperidine rings is 1. The number of carbonyl (C=O) groups excluding carboxylic acids is 1. The SMILES string of the molecule is CC(C)(C)OC(=O)N[C@@H]1CCCN(c2c(F)c(C3=CCOC3)n3ncnc(N)c23)C1. The van der Waals surface area contributed by atoms with Crippen molar-refractivity contribution < 1.29 is 18.7 Å². The van der Waals surface area contributed by atoms with E-state index in [1.807, 2.05) is 31.7 Å². The van der Waals surface area contributed by atoms with Gasteiger partial charge in [0.15, 0.2) is 11.6 Å². The van der Waals surface area contributed by atoms with Gasteiger partial charge in [0.25, 0.3) is 0 Å². The van der Waals surface area contributed by atoms with E-state index in [-0.39, 0.29) is 11.9 Å². The second kappa shape index (κ2) is 7.75. The lowest BCUT2D eigenvalue weighted by Crippen LogP contribution is -2.49. The van der Waals surface area contributed by atoms with Crippen LogP contribution >= 0.6 is 0 Å². The van der Waals surface area contributed by atoms with Gasteiger partial charge in [-0.2, -0.15) is 5.10 Å². The average molecular weight is 418 g/mol. The molecule has 2 aromatic rings. The number of aromatic nitrogens is 3. The van der Waals surface area contributed by atoms with Gasteiger partial charge in [0.1, 0.15) is 28.8 Å². The van der Waals surface area contributed by atoms with Gasteiger partial charge >= 0.3 is 6.09 Å². The smallest absolute Gasteiger partial charge is 0.407 e. The van der Waals surface area contributed by atoms with Gasteiger partial charge in [0.2, 0.25) is 0 Å². The Balaban J connectivity index is 1.66. The minimum Gasteiger partial charge on any atom is -0.444 e. The molecule has 9 nitrogen and oxygen atoms in total. The molecule has 4 heterocycles. The summed E-state index contributed by atoms with van der Waals surface area (Å²) in [6.45, 7) is 7.25. The molecule has 0 spiro atoms. The van der Waals surface area contributed by atoms with Crippen LogP contribution in [0.3, 0.4) is 0 Å². The second-order valence-corrected chi connectivity index (χ2v) is 8.59. The highest BCUT2D eigenvalue weighted by molar-refractivity contribution is 5.88. The molecule has 1 saturated heterocycles. The van der Waals surface area contributed by atoms with Gasteiger partial charge in [-0.3, -0.25) is 0 Å². The lowest BCUT2D eigenvalue weighted by Gasteiger charge is -2.34. The fourth-order valence-corrected chi connectivity index (χ4v) is 3.96. The molecule has 3 N–H and O–H groups in total. The van der Waals surface area contributed by atoms with Crippen LogP contribution in [0, 0.1) is 5.82 Å². The zero-order valence-corrected chi connectivity index (χ0v) is 17.4. The van der Waals surface area contributed by atoms with Crippen molar-refractivity contribution in [3.8, 4) is 0 Å². The number of rotatable bonds is 3. The fourth-order valence-electron chi connectivity index (χ4n) is 3.96. The first-order valence-electron chi connectivity index (χ1n) is 10.1. The molecule has 0 bridgehead atoms. The lowest BCUT2D eigenvalue weighted by atomic mass is 10.0. The van der Waals surface area contributed by atoms with Crippen molar-refractivity contribution in [3.05, 3.63) is 23.9 Å². The first-order valence-corrected chi connectivity index (χ1v) is 10.1. The van der Waals surface area contributed by atoms with Crippen molar-refractivity contribution in [1.82, 2.24) is 19.9 Å². The van der Waals surface area contributed by atoms with Gasteiger partial charge in [0.05, 0.1) is 13.2 Å². The van der Waals surface area contributed by atoms with Crippen LogP contribution in [0.1, 0.15) is 39.3 Å². The summed E-state index contributed by atoms with van der Waals surface area (Å²) in [5.41, 5.74) is 7.39. The largest absolute Gasteiger partial charge is 0.444 e. The standard InChI is InChI=1S/C20H27FN6O3/c1-20(2,3)30-19(28)25-13-5-4-7-26(9-13)16-14(21)15(12-6-8-29-10-12)27-17(16)18(22)23-11-24-27/h6,11,13H,4-5,7-10H2,1-3H3,(H,25,28)(H2,22,23,24)/t13-/m1/s1. The van der Waals surface area contributed by atoms with Gasteiger partial charge in [-0.25, -0.2) is 18.7 Å². The van der Waals surface area contributed by atoms with Gasteiger partial charge in [0, 0.05) is 24.7 Å². The second-order valence-electron chi connectivity index (χ2n) is 8.59. The lowest BCUT2D eigenvalue weighted by molar-refractivity contribution is 0.0500. The fraction of sp³-hybridized carbons (Fsp3) is 0.550. The number of fused-ring (bicyclic) bond motifs is 1. The summed E-state index contributed by atoms with van der Waals surface area (Å²) < 4.78 is 28.0. The number of nitrogens with zero attached hydrogens (tertiary/aromatic N) is 4. The van der Waals surface area contributed by atoms with Crippen molar-refractivity contribution >= 4 is 28.7 Å². The van der Waals surface area contributed by atoms with E-state index in [1.165, 1.54) is 10.8 Å². The van der Waals surface area contributed by atoms with Crippen LogP contribution in [0.4, 0.5) is 20.7 Å². The number of carbonyl (C=O) groups is 1. The van der Waals surface area contributed by atoms with E-state index < -0.39 is 17.5 Å². The van der Waals surface area contributed by atoms with E-state index in [1.54, 1.807) is 0 Å². The Kier molecular flexibility index (Phi) is 5.27. The minimum atomic E-state index is -0.583. The highest BCUT2D eigenvalue weighted by Crippen LogP contribution is 2.37. The minimum absolute atomic E-state index is 0.175. The predicted octanol–water partition coefficient (Wildman–Crippen LogP) is 2.36. The molecule has 0 saturated carbocycles. The van der Waals surface area contributed by atoms with Crippen LogP contribution < -0.4 is 16.0 Å². The maximum Gasteiger partial charge on any atom is 0.407 e. The third kappa shape index (κ3) is 3.91. The Morgan fingerprint density at radius 3 is 2.93 bits per heavy atom. The Morgan fingerprint density at radius 1 is 1.43 bits per heavy atom.